The van der Waals surface area contributed by atoms with Gasteiger partial charge < -0.3 is 10.8 Å². The van der Waals surface area contributed by atoms with Crippen LogP contribution in [0.15, 0.2) is 0 Å². The summed E-state index contributed by atoms with van der Waals surface area (Å²) in [4.78, 5) is 10.3. The summed E-state index contributed by atoms with van der Waals surface area (Å²) in [6.07, 6.45) is 44.5. The minimum atomic E-state index is -0.653. The van der Waals surface area contributed by atoms with E-state index in [1.165, 1.54) is 193 Å². The average molecular weight is 568 g/mol. The second kappa shape index (κ2) is 40.6. The number of rotatable bonds is 33. The molecule has 0 heterocycles. The maximum atomic E-state index is 10.3. The number of nitrogens with two attached hydrogens (primary N) is 1. The van der Waals surface area contributed by atoms with Gasteiger partial charge in [0.1, 0.15) is 0 Å². The number of carbonyl (C=O) groups is 1. The van der Waals surface area contributed by atoms with Gasteiger partial charge in [0.15, 0.2) is 0 Å². The molecule has 0 aromatic heterocycles. The highest BCUT2D eigenvalue weighted by atomic mass is 16.4. The third kappa shape index (κ3) is 44.4. The molecule has 0 unspecified atom stereocenters. The number of aliphatic carboxylic acids is 1. The number of hydrogen-bond donors (Lipinski definition) is 2. The van der Waals surface area contributed by atoms with Crippen LogP contribution in [0.25, 0.3) is 0 Å². The van der Waals surface area contributed by atoms with Crippen molar-refractivity contribution in [3.8, 4) is 0 Å². The van der Waals surface area contributed by atoms with Gasteiger partial charge >= 0.3 is 5.97 Å². The Morgan fingerprint density at radius 3 is 0.775 bits per heavy atom. The van der Waals surface area contributed by atoms with E-state index >= 15 is 0 Å². The average Bonchev–Trinajstić information content (AvgIpc) is 2.95. The van der Waals surface area contributed by atoms with Crippen LogP contribution < -0.4 is 5.73 Å². The van der Waals surface area contributed by atoms with Crippen molar-refractivity contribution >= 4 is 5.97 Å². The maximum Gasteiger partial charge on any atom is 0.303 e. The lowest BCUT2D eigenvalue weighted by Crippen LogP contribution is -1.97. The van der Waals surface area contributed by atoms with Crippen LogP contribution in [0.3, 0.4) is 0 Å². The van der Waals surface area contributed by atoms with Gasteiger partial charge in [-0.1, -0.05) is 206 Å². The molecule has 0 aromatic rings. The molecular formula is C37H77NO2. The van der Waals surface area contributed by atoms with Crippen molar-refractivity contribution < 1.29 is 9.90 Å². The van der Waals surface area contributed by atoms with Crippen LogP contribution in [-0.4, -0.2) is 17.6 Å². The van der Waals surface area contributed by atoms with Crippen molar-refractivity contribution in [2.75, 3.05) is 6.54 Å². The van der Waals surface area contributed by atoms with Gasteiger partial charge in [0.2, 0.25) is 0 Å². The molecule has 40 heavy (non-hydrogen) atoms. The van der Waals surface area contributed by atoms with E-state index in [-0.39, 0.29) is 0 Å². The Morgan fingerprint density at radius 1 is 0.375 bits per heavy atom. The summed E-state index contributed by atoms with van der Waals surface area (Å²) in [5, 5.41) is 8.52. The molecule has 0 amide bonds. The Balaban J connectivity index is 0. The molecule has 0 spiro atoms. The molecule has 0 saturated carbocycles. The monoisotopic (exact) mass is 568 g/mol. The molecule has 3 nitrogen and oxygen atoms in total. The highest BCUT2D eigenvalue weighted by Crippen LogP contribution is 2.15. The van der Waals surface area contributed by atoms with E-state index in [0.29, 0.717) is 6.42 Å². The Hall–Kier alpha value is -0.570. The smallest absolute Gasteiger partial charge is 0.303 e. The van der Waals surface area contributed by atoms with Crippen molar-refractivity contribution in [1.82, 2.24) is 0 Å². The van der Waals surface area contributed by atoms with Crippen molar-refractivity contribution in [2.45, 2.75) is 226 Å². The Labute approximate surface area is 253 Å². The maximum absolute atomic E-state index is 10.3. The van der Waals surface area contributed by atoms with Crippen LogP contribution in [0.5, 0.6) is 0 Å². The molecular weight excluding hydrogens is 490 g/mol. The van der Waals surface area contributed by atoms with Crippen molar-refractivity contribution in [3.05, 3.63) is 0 Å². The molecule has 0 fully saturated rings. The molecule has 0 aliphatic heterocycles. The third-order valence-corrected chi connectivity index (χ3v) is 8.30. The van der Waals surface area contributed by atoms with Crippen LogP contribution in [0, 0.1) is 0 Å². The van der Waals surface area contributed by atoms with E-state index in [9.17, 15) is 4.79 Å². The van der Waals surface area contributed by atoms with Crippen LogP contribution >= 0.6 is 0 Å². The summed E-state index contributed by atoms with van der Waals surface area (Å²) in [6, 6.07) is 0. The highest BCUT2D eigenvalue weighted by Gasteiger charge is 1.97. The summed E-state index contributed by atoms with van der Waals surface area (Å²) < 4.78 is 0. The van der Waals surface area contributed by atoms with E-state index in [1.807, 2.05) is 0 Å². The molecule has 0 rings (SSSR count). The fourth-order valence-electron chi connectivity index (χ4n) is 5.52. The molecule has 0 atom stereocenters. The molecule has 3 N–H and O–H groups in total. The predicted molar refractivity (Wildman–Crippen MR) is 180 cm³/mol. The topological polar surface area (TPSA) is 63.3 Å². The van der Waals surface area contributed by atoms with E-state index < -0.39 is 5.97 Å². The minimum Gasteiger partial charge on any atom is -0.481 e. The summed E-state index contributed by atoms with van der Waals surface area (Å²) in [5.74, 6) is -0.653. The molecule has 242 valence electrons. The van der Waals surface area contributed by atoms with Gasteiger partial charge in [-0.05, 0) is 19.4 Å². The number of unbranched alkanes of at least 4 members (excludes halogenated alkanes) is 30. The molecule has 0 aromatic carbocycles. The molecule has 0 radical (unpaired) electrons. The van der Waals surface area contributed by atoms with Gasteiger partial charge in [-0.2, -0.15) is 0 Å². The lowest BCUT2D eigenvalue weighted by Gasteiger charge is -2.03. The summed E-state index contributed by atoms with van der Waals surface area (Å²) >= 11 is 0. The van der Waals surface area contributed by atoms with Crippen molar-refractivity contribution in [3.63, 3.8) is 0 Å². The largest absolute Gasteiger partial charge is 0.481 e. The molecule has 0 saturated heterocycles. The summed E-state index contributed by atoms with van der Waals surface area (Å²) in [5.41, 5.74) is 5.49. The first-order chi connectivity index (χ1) is 19.7. The van der Waals surface area contributed by atoms with Gasteiger partial charge in [0.05, 0.1) is 0 Å². The first-order valence-corrected chi connectivity index (χ1v) is 18.6. The second-order valence-corrected chi connectivity index (χ2v) is 12.5. The number of carboxylic acid groups (broad SMARTS) is 1. The fourth-order valence-corrected chi connectivity index (χ4v) is 5.52. The number of carboxylic acids is 1. The summed E-state index contributed by atoms with van der Waals surface area (Å²) in [6.45, 7) is 5.44. The van der Waals surface area contributed by atoms with Gasteiger partial charge in [-0.25, -0.2) is 0 Å². The Bertz CT molecular complexity index is 422. The predicted octanol–water partition coefficient (Wildman–Crippen LogP) is 12.9. The fraction of sp³-hybridized carbons (Fsp3) is 0.973. The van der Waals surface area contributed by atoms with Gasteiger partial charge in [-0.3, -0.25) is 4.79 Å². The first kappa shape index (κ1) is 41.6. The lowest BCUT2D eigenvalue weighted by molar-refractivity contribution is -0.137. The zero-order valence-corrected chi connectivity index (χ0v) is 28.0. The highest BCUT2D eigenvalue weighted by molar-refractivity contribution is 5.66. The molecule has 0 aliphatic rings. The van der Waals surface area contributed by atoms with Crippen molar-refractivity contribution in [2.24, 2.45) is 5.73 Å². The third-order valence-electron chi connectivity index (χ3n) is 8.30. The van der Waals surface area contributed by atoms with E-state index in [0.717, 1.165) is 19.4 Å². The van der Waals surface area contributed by atoms with Crippen LogP contribution in [0.2, 0.25) is 0 Å². The first-order valence-electron chi connectivity index (χ1n) is 18.6. The zero-order chi connectivity index (χ0) is 29.6. The van der Waals surface area contributed by atoms with E-state index in [2.05, 4.69) is 13.8 Å². The van der Waals surface area contributed by atoms with Gasteiger partial charge in [0, 0.05) is 6.42 Å². The molecule has 0 aliphatic carbocycles. The summed E-state index contributed by atoms with van der Waals surface area (Å²) in [7, 11) is 0. The Morgan fingerprint density at radius 2 is 0.575 bits per heavy atom. The second-order valence-electron chi connectivity index (χ2n) is 12.5. The standard InChI is InChI=1S/C19H41N.C18H36O2/c1-2-3-4-5-6-7-8-9-10-11-12-13-14-15-16-17-18-19-20;1-2-3-4-5-6-7-8-9-10-11-12-13-14-15-16-17-18(19)20/h2-20H2,1H3;2-17H2,1H3,(H,19,20). The lowest BCUT2D eigenvalue weighted by atomic mass is 10.0. The normalized spacial score (nSPS) is 11.0. The van der Waals surface area contributed by atoms with E-state index in [1.54, 1.807) is 0 Å². The SMILES string of the molecule is CCCCCCCCCCCCCCCCCC(=O)O.CCCCCCCCCCCCCCCCCCCN. The van der Waals surface area contributed by atoms with Gasteiger partial charge in [0.25, 0.3) is 0 Å². The quantitative estimate of drug-likeness (QED) is 0.0775. The minimum absolute atomic E-state index is 0.345. The Kier molecular flexibility index (Phi) is 42.2. The van der Waals surface area contributed by atoms with Crippen molar-refractivity contribution in [1.29, 1.82) is 0 Å². The van der Waals surface area contributed by atoms with Crippen LogP contribution in [0.4, 0.5) is 0 Å². The van der Waals surface area contributed by atoms with Crippen LogP contribution in [0.1, 0.15) is 226 Å². The van der Waals surface area contributed by atoms with Gasteiger partial charge in [-0.15, -0.1) is 0 Å². The number of hydrogen-bond acceptors (Lipinski definition) is 2. The molecule has 3 heteroatoms. The zero-order valence-electron chi connectivity index (χ0n) is 28.0. The van der Waals surface area contributed by atoms with E-state index in [4.69, 9.17) is 10.8 Å². The molecule has 0 bridgehead atoms. The van der Waals surface area contributed by atoms with Crippen LogP contribution in [-0.2, 0) is 4.79 Å².